The van der Waals surface area contributed by atoms with E-state index in [1.165, 1.54) is 12.8 Å². The number of thiophene rings is 1. The molecule has 0 unspecified atom stereocenters. The van der Waals surface area contributed by atoms with Gasteiger partial charge < -0.3 is 20.2 Å². The molecule has 1 aliphatic carbocycles. The summed E-state index contributed by atoms with van der Waals surface area (Å²) in [5.74, 6) is -0.837. The number of alkyl halides is 3. The maximum Gasteiger partial charge on any atom is 0.490 e. The normalized spacial score (nSPS) is 23.4. The quantitative estimate of drug-likeness (QED) is 0.603. The molecule has 2 atom stereocenters. The number of aromatic nitrogens is 1. The molecule has 8 nitrogen and oxygen atoms in total. The Balaban J connectivity index is 0.000000405. The number of nitrogens with zero attached hydrogens (tertiary/aromatic N) is 3. The van der Waals surface area contributed by atoms with E-state index in [4.69, 9.17) is 9.90 Å². The van der Waals surface area contributed by atoms with Crippen molar-refractivity contribution in [2.75, 3.05) is 37.6 Å². The summed E-state index contributed by atoms with van der Waals surface area (Å²) < 4.78 is 31.7. The number of anilines is 1. The fourth-order valence-corrected chi connectivity index (χ4v) is 5.64. The minimum absolute atomic E-state index is 0.0849. The third-order valence-electron chi connectivity index (χ3n) is 7.16. The molecule has 0 bridgehead atoms. The molecular formula is C25H29F3N4O4S. The zero-order valence-electron chi connectivity index (χ0n) is 20.1. The van der Waals surface area contributed by atoms with Gasteiger partial charge in [-0.3, -0.25) is 9.59 Å². The number of carboxylic acid groups (broad SMARTS) is 1. The number of amides is 2. The fourth-order valence-electron chi connectivity index (χ4n) is 5.01. The van der Waals surface area contributed by atoms with Crippen LogP contribution in [0.1, 0.15) is 36.0 Å². The van der Waals surface area contributed by atoms with Gasteiger partial charge in [-0.15, -0.1) is 0 Å². The van der Waals surface area contributed by atoms with E-state index in [-0.39, 0.29) is 17.7 Å². The predicted molar refractivity (Wildman–Crippen MR) is 131 cm³/mol. The van der Waals surface area contributed by atoms with Crippen LogP contribution in [0.3, 0.4) is 0 Å². The molecule has 2 aliphatic heterocycles. The maximum absolute atomic E-state index is 13.5. The highest BCUT2D eigenvalue weighted by atomic mass is 32.1. The first-order valence-electron chi connectivity index (χ1n) is 12.2. The second-order valence-corrected chi connectivity index (χ2v) is 10.5. The standard InChI is InChI=1S/C23H28N4O2S.C2HF3O2/c28-21(18-7-11-30-15-18)26-10-3-8-23(22(29)25-12-17-5-6-17)16-27(14-19(23)13-26)20-4-1-2-9-24-20;3-2(4,5)1(6)7/h1-2,4,7,9,11,15,17,19H,3,5-6,8,10,12-14,16H2,(H,25,29);(H,6,7)/t19-,23-;/m0./s1. The third-order valence-corrected chi connectivity index (χ3v) is 7.84. The molecule has 2 aromatic heterocycles. The predicted octanol–water partition coefficient (Wildman–Crippen LogP) is 3.66. The van der Waals surface area contributed by atoms with Crippen molar-refractivity contribution < 1.29 is 32.7 Å². The maximum atomic E-state index is 13.5. The monoisotopic (exact) mass is 538 g/mol. The number of rotatable bonds is 5. The van der Waals surface area contributed by atoms with Gasteiger partial charge in [0.2, 0.25) is 5.91 Å². The number of hydrogen-bond donors (Lipinski definition) is 2. The molecule has 0 spiro atoms. The topological polar surface area (TPSA) is 103 Å². The molecule has 2 saturated heterocycles. The van der Waals surface area contributed by atoms with Crippen molar-refractivity contribution in [3.05, 3.63) is 46.8 Å². The molecule has 200 valence electrons. The molecule has 4 heterocycles. The number of likely N-dealkylation sites (tertiary alicyclic amines) is 1. The van der Waals surface area contributed by atoms with Crippen molar-refractivity contribution in [2.24, 2.45) is 17.3 Å². The van der Waals surface area contributed by atoms with Crippen molar-refractivity contribution in [3.8, 4) is 0 Å². The van der Waals surface area contributed by atoms with E-state index in [1.54, 1.807) is 17.5 Å². The van der Waals surface area contributed by atoms with Gasteiger partial charge in [-0.2, -0.15) is 24.5 Å². The molecule has 12 heteroatoms. The van der Waals surface area contributed by atoms with Crippen LogP contribution in [0, 0.1) is 17.3 Å². The Bertz CT molecular complexity index is 1100. The molecule has 3 aliphatic rings. The molecule has 2 aromatic rings. The van der Waals surface area contributed by atoms with Crippen LogP contribution in [-0.2, 0) is 9.59 Å². The Morgan fingerprint density at radius 1 is 1.19 bits per heavy atom. The van der Waals surface area contributed by atoms with Crippen LogP contribution >= 0.6 is 11.3 Å². The lowest BCUT2D eigenvalue weighted by atomic mass is 9.74. The number of halogens is 3. The summed E-state index contributed by atoms with van der Waals surface area (Å²) in [6, 6.07) is 7.80. The second-order valence-electron chi connectivity index (χ2n) is 9.74. The van der Waals surface area contributed by atoms with Crippen LogP contribution in [0.4, 0.5) is 19.0 Å². The summed E-state index contributed by atoms with van der Waals surface area (Å²) in [6.07, 6.45) is 0.819. The largest absolute Gasteiger partial charge is 0.490 e. The molecule has 5 rings (SSSR count). The van der Waals surface area contributed by atoms with Gasteiger partial charge >= 0.3 is 12.1 Å². The van der Waals surface area contributed by atoms with Gasteiger partial charge in [0.05, 0.1) is 11.0 Å². The number of carboxylic acids is 1. The fraction of sp³-hybridized carbons (Fsp3) is 0.520. The molecule has 37 heavy (non-hydrogen) atoms. The SMILES string of the molecule is O=C(O)C(F)(F)F.O=C(c1ccsc1)N1CCC[C@]2(C(=O)NCC3CC3)CN(c3ccccn3)C[C@@H]2C1. The van der Waals surface area contributed by atoms with Crippen LogP contribution in [0.15, 0.2) is 41.2 Å². The van der Waals surface area contributed by atoms with Crippen molar-refractivity contribution in [1.82, 2.24) is 15.2 Å². The first kappa shape index (κ1) is 26.9. The number of pyridine rings is 1. The van der Waals surface area contributed by atoms with Gasteiger partial charge in [-0.1, -0.05) is 6.07 Å². The zero-order valence-corrected chi connectivity index (χ0v) is 20.9. The minimum Gasteiger partial charge on any atom is -0.475 e. The summed E-state index contributed by atoms with van der Waals surface area (Å²) >= 11 is 1.55. The molecule has 2 amide bonds. The lowest BCUT2D eigenvalue weighted by Crippen LogP contribution is -2.48. The van der Waals surface area contributed by atoms with Gasteiger partial charge in [0.25, 0.3) is 5.91 Å². The van der Waals surface area contributed by atoms with Crippen LogP contribution in [0.25, 0.3) is 0 Å². The first-order chi connectivity index (χ1) is 17.6. The van der Waals surface area contributed by atoms with Crippen LogP contribution < -0.4 is 10.2 Å². The summed E-state index contributed by atoms with van der Waals surface area (Å²) in [7, 11) is 0. The Morgan fingerprint density at radius 3 is 2.54 bits per heavy atom. The molecule has 1 saturated carbocycles. The molecule has 0 radical (unpaired) electrons. The number of hydrogen-bond acceptors (Lipinski definition) is 6. The molecule has 3 fully saturated rings. The number of aliphatic carboxylic acids is 1. The molecule has 0 aromatic carbocycles. The van der Waals surface area contributed by atoms with Crippen LogP contribution in [-0.4, -0.2) is 71.7 Å². The summed E-state index contributed by atoms with van der Waals surface area (Å²) in [4.78, 5) is 44.2. The van der Waals surface area contributed by atoms with Crippen LogP contribution in [0.5, 0.6) is 0 Å². The van der Waals surface area contributed by atoms with Gasteiger partial charge in [0.15, 0.2) is 0 Å². The van der Waals surface area contributed by atoms with E-state index >= 15 is 0 Å². The Hall–Kier alpha value is -3.15. The number of carbonyl (C=O) groups is 3. The molecular weight excluding hydrogens is 509 g/mol. The number of carbonyl (C=O) groups excluding carboxylic acids is 2. The average Bonchev–Trinajstić information content (AvgIpc) is 3.46. The summed E-state index contributed by atoms with van der Waals surface area (Å²) in [5.41, 5.74) is 0.293. The summed E-state index contributed by atoms with van der Waals surface area (Å²) in [5, 5.41) is 14.2. The number of nitrogens with one attached hydrogen (secondary N) is 1. The Labute approximate surface area is 216 Å². The highest BCUT2D eigenvalue weighted by molar-refractivity contribution is 7.08. The summed E-state index contributed by atoms with van der Waals surface area (Å²) in [6.45, 7) is 3.54. The van der Waals surface area contributed by atoms with Crippen molar-refractivity contribution in [1.29, 1.82) is 0 Å². The van der Waals surface area contributed by atoms with E-state index in [0.717, 1.165) is 37.3 Å². The third kappa shape index (κ3) is 6.41. The average molecular weight is 539 g/mol. The smallest absolute Gasteiger partial charge is 0.475 e. The van der Waals surface area contributed by atoms with E-state index in [9.17, 15) is 22.8 Å². The number of fused-ring (bicyclic) bond motifs is 1. The lowest BCUT2D eigenvalue weighted by molar-refractivity contribution is -0.192. The van der Waals surface area contributed by atoms with Gasteiger partial charge in [0.1, 0.15) is 5.82 Å². The van der Waals surface area contributed by atoms with E-state index in [0.29, 0.717) is 25.6 Å². The lowest BCUT2D eigenvalue weighted by Gasteiger charge is -2.32. The van der Waals surface area contributed by atoms with Crippen molar-refractivity contribution in [3.63, 3.8) is 0 Å². The van der Waals surface area contributed by atoms with Gasteiger partial charge in [-0.25, -0.2) is 9.78 Å². The van der Waals surface area contributed by atoms with Crippen molar-refractivity contribution >= 4 is 34.9 Å². The zero-order chi connectivity index (χ0) is 26.6. The van der Waals surface area contributed by atoms with Crippen molar-refractivity contribution in [2.45, 2.75) is 31.9 Å². The minimum atomic E-state index is -5.08. The van der Waals surface area contributed by atoms with E-state index in [2.05, 4.69) is 15.2 Å². The van der Waals surface area contributed by atoms with E-state index in [1.807, 2.05) is 39.9 Å². The Morgan fingerprint density at radius 2 is 1.95 bits per heavy atom. The highest BCUT2D eigenvalue weighted by Crippen LogP contribution is 2.44. The highest BCUT2D eigenvalue weighted by Gasteiger charge is 2.54. The van der Waals surface area contributed by atoms with Gasteiger partial charge in [-0.05, 0) is 55.2 Å². The van der Waals surface area contributed by atoms with Crippen LogP contribution in [0.2, 0.25) is 0 Å². The second kappa shape index (κ2) is 11.1. The van der Waals surface area contributed by atoms with E-state index < -0.39 is 17.6 Å². The Kier molecular flexibility index (Phi) is 8.05. The van der Waals surface area contributed by atoms with Gasteiger partial charge in [0, 0.05) is 50.2 Å². The molecule has 2 N–H and O–H groups in total. The first-order valence-corrected chi connectivity index (χ1v) is 13.1.